The van der Waals surface area contributed by atoms with E-state index in [1.807, 2.05) is 6.07 Å². The topological polar surface area (TPSA) is 55.8 Å². The summed E-state index contributed by atoms with van der Waals surface area (Å²) in [5.74, 6) is 0.458. The average molecular weight is 368 g/mol. The predicted molar refractivity (Wildman–Crippen MR) is 97.3 cm³/mol. The van der Waals surface area contributed by atoms with Crippen LogP contribution in [0.25, 0.3) is 0 Å². The second-order valence-corrected chi connectivity index (χ2v) is 6.80. The summed E-state index contributed by atoms with van der Waals surface area (Å²) in [6.45, 7) is 2.16. The number of likely N-dealkylation sites (tertiary alicyclic amines) is 1. The highest BCUT2D eigenvalue weighted by molar-refractivity contribution is 5.99. The van der Waals surface area contributed by atoms with E-state index in [4.69, 9.17) is 9.47 Å². The van der Waals surface area contributed by atoms with Gasteiger partial charge in [-0.25, -0.2) is 0 Å². The van der Waals surface area contributed by atoms with Crippen LogP contribution < -0.4 is 4.74 Å². The number of nitrogens with zero attached hydrogens (tertiary/aromatic N) is 1. The lowest BCUT2D eigenvalue weighted by molar-refractivity contribution is -0.152. The van der Waals surface area contributed by atoms with Gasteiger partial charge in [0.25, 0.3) is 0 Å². The molecule has 1 heterocycles. The van der Waals surface area contributed by atoms with Gasteiger partial charge in [0, 0.05) is 26.1 Å². The average Bonchev–Trinajstić information content (AvgIpc) is 2.62. The van der Waals surface area contributed by atoms with Crippen molar-refractivity contribution < 1.29 is 19.1 Å². The number of esters is 1. The Morgan fingerprint density at radius 2 is 2.04 bits per heavy atom. The number of Topliss-reactive ketones (excluding diaryl/α,β-unsaturated/α-hetero) is 1. The van der Waals surface area contributed by atoms with Crippen LogP contribution in [0.3, 0.4) is 0 Å². The minimum atomic E-state index is -0.611. The van der Waals surface area contributed by atoms with E-state index in [9.17, 15) is 9.59 Å². The highest BCUT2D eigenvalue weighted by Gasteiger charge is 2.34. The van der Waals surface area contributed by atoms with Gasteiger partial charge in [0.1, 0.15) is 17.5 Å². The standard InChI is InChI=1S/C19H25NO4.ClH/c1-23-16-6-5-14-4-3-13(9-15(14)10-16)11-20-8-7-18(21)17(12-20)19(22)24-2;/h5-6,10,13,17H,3-4,7-9,11-12H2,1-2H3;1H. The Morgan fingerprint density at radius 1 is 1.24 bits per heavy atom. The molecule has 2 aliphatic rings. The number of hydrogen-bond donors (Lipinski definition) is 0. The minimum Gasteiger partial charge on any atom is -0.497 e. The smallest absolute Gasteiger partial charge is 0.317 e. The first-order chi connectivity index (χ1) is 11.6. The van der Waals surface area contributed by atoms with E-state index in [0.717, 1.165) is 38.1 Å². The third-order valence-corrected chi connectivity index (χ3v) is 5.25. The van der Waals surface area contributed by atoms with E-state index in [1.54, 1.807) is 7.11 Å². The van der Waals surface area contributed by atoms with Crippen molar-refractivity contribution in [1.82, 2.24) is 4.90 Å². The number of methoxy groups -OCH3 is 2. The highest BCUT2D eigenvalue weighted by atomic mass is 35.5. The van der Waals surface area contributed by atoms with Crippen LogP contribution in [0.4, 0.5) is 0 Å². The van der Waals surface area contributed by atoms with Gasteiger partial charge in [-0.15, -0.1) is 12.4 Å². The fraction of sp³-hybridized carbons (Fsp3) is 0.579. The van der Waals surface area contributed by atoms with Crippen molar-refractivity contribution in [2.75, 3.05) is 33.9 Å². The molecule has 1 saturated heterocycles. The lowest BCUT2D eigenvalue weighted by Gasteiger charge is -2.34. The molecule has 25 heavy (non-hydrogen) atoms. The molecule has 3 rings (SSSR count). The van der Waals surface area contributed by atoms with Gasteiger partial charge < -0.3 is 14.4 Å². The van der Waals surface area contributed by atoms with Gasteiger partial charge in [-0.1, -0.05) is 6.07 Å². The molecule has 1 aromatic rings. The summed E-state index contributed by atoms with van der Waals surface area (Å²) in [5.41, 5.74) is 2.77. The zero-order valence-corrected chi connectivity index (χ0v) is 15.6. The van der Waals surface area contributed by atoms with Crippen molar-refractivity contribution in [2.45, 2.75) is 25.7 Å². The number of carbonyl (C=O) groups is 2. The molecule has 0 spiro atoms. The number of ketones is 1. The van der Waals surface area contributed by atoms with Crippen LogP contribution in [0.1, 0.15) is 24.0 Å². The number of piperidine rings is 1. The van der Waals surface area contributed by atoms with Crippen molar-refractivity contribution in [3.05, 3.63) is 29.3 Å². The molecule has 1 aromatic carbocycles. The second-order valence-electron chi connectivity index (χ2n) is 6.80. The van der Waals surface area contributed by atoms with E-state index in [-0.39, 0.29) is 18.2 Å². The van der Waals surface area contributed by atoms with Crippen molar-refractivity contribution in [3.8, 4) is 5.75 Å². The molecule has 2 atom stereocenters. The first-order valence-corrected chi connectivity index (χ1v) is 8.59. The summed E-state index contributed by atoms with van der Waals surface area (Å²) in [5, 5.41) is 0. The lowest BCUT2D eigenvalue weighted by atomic mass is 9.83. The first-order valence-electron chi connectivity index (χ1n) is 8.59. The van der Waals surface area contributed by atoms with Crippen LogP contribution in [0, 0.1) is 11.8 Å². The summed E-state index contributed by atoms with van der Waals surface area (Å²) >= 11 is 0. The molecule has 0 saturated carbocycles. The number of benzene rings is 1. The molecule has 2 unspecified atom stereocenters. The molecule has 0 aromatic heterocycles. The molecule has 6 heteroatoms. The zero-order chi connectivity index (χ0) is 17.1. The van der Waals surface area contributed by atoms with Gasteiger partial charge in [-0.3, -0.25) is 9.59 Å². The van der Waals surface area contributed by atoms with Gasteiger partial charge in [0.05, 0.1) is 14.2 Å². The highest BCUT2D eigenvalue weighted by Crippen LogP contribution is 2.30. The molecule has 1 aliphatic carbocycles. The lowest BCUT2D eigenvalue weighted by Crippen LogP contribution is -2.46. The third kappa shape index (κ3) is 4.53. The summed E-state index contributed by atoms with van der Waals surface area (Å²) in [7, 11) is 3.04. The van der Waals surface area contributed by atoms with E-state index in [1.165, 1.54) is 18.2 Å². The van der Waals surface area contributed by atoms with Crippen LogP contribution in [-0.4, -0.2) is 50.5 Å². The van der Waals surface area contributed by atoms with Crippen molar-refractivity contribution in [3.63, 3.8) is 0 Å². The van der Waals surface area contributed by atoms with E-state index >= 15 is 0 Å². The fourth-order valence-electron chi connectivity index (χ4n) is 3.86. The van der Waals surface area contributed by atoms with E-state index in [0.29, 0.717) is 18.9 Å². The van der Waals surface area contributed by atoms with Gasteiger partial charge in [-0.05, 0) is 48.4 Å². The molecule has 138 valence electrons. The number of rotatable bonds is 4. The zero-order valence-electron chi connectivity index (χ0n) is 14.8. The fourth-order valence-corrected chi connectivity index (χ4v) is 3.86. The molecular weight excluding hydrogens is 342 g/mol. The summed E-state index contributed by atoms with van der Waals surface area (Å²) in [6.07, 6.45) is 3.70. The van der Waals surface area contributed by atoms with E-state index < -0.39 is 11.9 Å². The number of hydrogen-bond acceptors (Lipinski definition) is 5. The maximum absolute atomic E-state index is 11.9. The van der Waals surface area contributed by atoms with Gasteiger partial charge >= 0.3 is 5.97 Å². The third-order valence-electron chi connectivity index (χ3n) is 5.25. The molecular formula is C19H26ClNO4. The molecule has 0 amide bonds. The Hall–Kier alpha value is -1.59. The Labute approximate surface area is 155 Å². The van der Waals surface area contributed by atoms with Gasteiger partial charge in [0.2, 0.25) is 0 Å². The van der Waals surface area contributed by atoms with Crippen LogP contribution in [-0.2, 0) is 27.2 Å². The van der Waals surface area contributed by atoms with Crippen molar-refractivity contribution in [1.29, 1.82) is 0 Å². The normalized spacial score (nSPS) is 23.4. The van der Waals surface area contributed by atoms with Gasteiger partial charge in [0.15, 0.2) is 0 Å². The maximum Gasteiger partial charge on any atom is 0.317 e. The van der Waals surface area contributed by atoms with Gasteiger partial charge in [-0.2, -0.15) is 0 Å². The second kappa shape index (κ2) is 8.68. The predicted octanol–water partition coefficient (Wildman–Crippen LogP) is 2.29. The quantitative estimate of drug-likeness (QED) is 0.603. The summed E-state index contributed by atoms with van der Waals surface area (Å²) in [6, 6.07) is 6.33. The molecule has 0 radical (unpaired) electrons. The molecule has 0 bridgehead atoms. The van der Waals surface area contributed by atoms with E-state index in [2.05, 4.69) is 17.0 Å². The molecule has 0 N–H and O–H groups in total. The largest absolute Gasteiger partial charge is 0.497 e. The summed E-state index contributed by atoms with van der Waals surface area (Å²) in [4.78, 5) is 25.9. The molecule has 5 nitrogen and oxygen atoms in total. The molecule has 1 fully saturated rings. The minimum absolute atomic E-state index is 0. The number of fused-ring (bicyclic) bond motifs is 1. The Bertz CT molecular complexity index is 626. The van der Waals surface area contributed by atoms with Crippen LogP contribution in [0.2, 0.25) is 0 Å². The Morgan fingerprint density at radius 3 is 2.76 bits per heavy atom. The Balaban J connectivity index is 0.00000225. The van der Waals surface area contributed by atoms with Crippen LogP contribution in [0.15, 0.2) is 18.2 Å². The number of aryl methyl sites for hydroxylation is 1. The maximum atomic E-state index is 11.9. The monoisotopic (exact) mass is 367 g/mol. The molecule has 1 aliphatic heterocycles. The number of carbonyl (C=O) groups excluding carboxylic acids is 2. The first kappa shape index (κ1) is 19.7. The van der Waals surface area contributed by atoms with Crippen LogP contribution in [0.5, 0.6) is 5.75 Å². The van der Waals surface area contributed by atoms with Crippen molar-refractivity contribution >= 4 is 24.2 Å². The van der Waals surface area contributed by atoms with Crippen molar-refractivity contribution in [2.24, 2.45) is 11.8 Å². The Kier molecular flexibility index (Phi) is 6.85. The number of halogens is 1. The van der Waals surface area contributed by atoms with Crippen LogP contribution >= 0.6 is 12.4 Å². The number of ether oxygens (including phenoxy) is 2. The SMILES string of the molecule is COC(=O)C1CN(CC2CCc3ccc(OC)cc3C2)CCC1=O.Cl. The summed E-state index contributed by atoms with van der Waals surface area (Å²) < 4.78 is 10.1.